The number of ether oxygens (including phenoxy) is 1. The van der Waals surface area contributed by atoms with Gasteiger partial charge in [0.1, 0.15) is 5.75 Å². The molecule has 0 bridgehead atoms. The predicted molar refractivity (Wildman–Crippen MR) is 98.1 cm³/mol. The van der Waals surface area contributed by atoms with Crippen LogP contribution in [0.25, 0.3) is 0 Å². The minimum atomic E-state index is -0.723. The molecule has 132 valence electrons. The van der Waals surface area contributed by atoms with E-state index in [0.29, 0.717) is 5.75 Å². The summed E-state index contributed by atoms with van der Waals surface area (Å²) in [4.78, 5) is 14.1. The summed E-state index contributed by atoms with van der Waals surface area (Å²) in [5.74, 6) is 0.407. The van der Waals surface area contributed by atoms with Gasteiger partial charge in [0.2, 0.25) is 0 Å². The number of hydrogen-bond donors (Lipinski definition) is 2. The molecule has 0 aromatic heterocycles. The third-order valence-electron chi connectivity index (χ3n) is 4.50. The van der Waals surface area contributed by atoms with Crippen LogP contribution < -0.4 is 15.0 Å². The van der Waals surface area contributed by atoms with Crippen LogP contribution in [0.15, 0.2) is 42.5 Å². The van der Waals surface area contributed by atoms with Crippen LogP contribution in [0.3, 0.4) is 0 Å². The number of benzene rings is 2. The molecule has 3 rings (SSSR count). The quantitative estimate of drug-likeness (QED) is 0.846. The van der Waals surface area contributed by atoms with Gasteiger partial charge in [0, 0.05) is 25.8 Å². The average molecular weight is 340 g/mol. The third-order valence-corrected chi connectivity index (χ3v) is 4.50. The van der Waals surface area contributed by atoms with Gasteiger partial charge in [-0.2, -0.15) is 0 Å². The molecule has 2 N–H and O–H groups in total. The lowest BCUT2D eigenvalue weighted by molar-refractivity contribution is -0.123. The number of nitrogens with one attached hydrogen (secondary N) is 1. The first-order valence-electron chi connectivity index (χ1n) is 8.51. The van der Waals surface area contributed by atoms with Crippen LogP contribution >= 0.6 is 0 Å². The zero-order valence-electron chi connectivity index (χ0n) is 14.7. The second-order valence-corrected chi connectivity index (χ2v) is 6.48. The van der Waals surface area contributed by atoms with Crippen molar-refractivity contribution in [2.24, 2.45) is 0 Å². The van der Waals surface area contributed by atoms with E-state index in [2.05, 4.69) is 17.3 Å². The van der Waals surface area contributed by atoms with E-state index in [1.807, 2.05) is 49.4 Å². The number of aryl methyl sites for hydroxylation is 1. The Morgan fingerprint density at radius 1 is 1.28 bits per heavy atom. The number of aliphatic hydroxyl groups excluding tert-OH is 1. The molecule has 0 radical (unpaired) electrons. The second-order valence-electron chi connectivity index (χ2n) is 6.48. The molecule has 1 aliphatic heterocycles. The highest BCUT2D eigenvalue weighted by Gasteiger charge is 2.18. The van der Waals surface area contributed by atoms with Crippen molar-refractivity contribution in [2.75, 3.05) is 31.6 Å². The normalized spacial score (nSPS) is 14.1. The second kappa shape index (κ2) is 7.57. The van der Waals surface area contributed by atoms with Gasteiger partial charge in [-0.25, -0.2) is 0 Å². The Labute approximate surface area is 148 Å². The molecule has 2 aromatic carbocycles. The Hall–Kier alpha value is -2.53. The molecule has 0 saturated carbocycles. The minimum Gasteiger partial charge on any atom is -0.484 e. The maximum absolute atomic E-state index is 11.9. The van der Waals surface area contributed by atoms with Gasteiger partial charge < -0.3 is 20.1 Å². The molecule has 1 atom stereocenters. The number of likely N-dealkylation sites (N-methyl/N-ethyl adjacent to an activating group) is 1. The van der Waals surface area contributed by atoms with Gasteiger partial charge in [0.25, 0.3) is 5.91 Å². The monoisotopic (exact) mass is 340 g/mol. The van der Waals surface area contributed by atoms with Crippen molar-refractivity contribution in [1.29, 1.82) is 0 Å². The molecule has 2 aromatic rings. The van der Waals surface area contributed by atoms with Gasteiger partial charge in [-0.1, -0.05) is 29.8 Å². The number of amides is 1. The number of hydrogen-bond acceptors (Lipinski definition) is 4. The van der Waals surface area contributed by atoms with Crippen LogP contribution in [0.2, 0.25) is 0 Å². The first kappa shape index (κ1) is 17.3. The molecule has 1 heterocycles. The van der Waals surface area contributed by atoms with Gasteiger partial charge >= 0.3 is 0 Å². The maximum atomic E-state index is 11.9. The fourth-order valence-corrected chi connectivity index (χ4v) is 2.96. The Morgan fingerprint density at radius 3 is 2.80 bits per heavy atom. The number of aliphatic hydroxyl groups is 1. The Morgan fingerprint density at radius 2 is 2.04 bits per heavy atom. The third kappa shape index (κ3) is 4.31. The standard InChI is InChI=1S/C20H24N2O3/c1-14-3-6-17(7-4-14)25-13-20(24)21-12-19(23)16-5-8-18-15(11-16)9-10-22(18)2/h3-8,11,19,23H,9-10,12-13H2,1-2H3,(H,21,24). The van der Waals surface area contributed by atoms with Crippen molar-refractivity contribution in [1.82, 2.24) is 5.32 Å². The highest BCUT2D eigenvalue weighted by Crippen LogP contribution is 2.29. The zero-order valence-corrected chi connectivity index (χ0v) is 14.7. The summed E-state index contributed by atoms with van der Waals surface area (Å²) < 4.78 is 5.43. The van der Waals surface area contributed by atoms with E-state index >= 15 is 0 Å². The van der Waals surface area contributed by atoms with Crippen molar-refractivity contribution in [3.63, 3.8) is 0 Å². The summed E-state index contributed by atoms with van der Waals surface area (Å²) in [6, 6.07) is 13.5. The Balaban J connectivity index is 1.47. The first-order chi connectivity index (χ1) is 12.0. The van der Waals surface area contributed by atoms with E-state index in [9.17, 15) is 9.90 Å². The Kier molecular flexibility index (Phi) is 5.24. The number of carbonyl (C=O) groups is 1. The summed E-state index contributed by atoms with van der Waals surface area (Å²) in [5.41, 5.74) is 4.42. The van der Waals surface area contributed by atoms with Gasteiger partial charge in [-0.05, 0) is 42.7 Å². The molecule has 5 heteroatoms. The van der Waals surface area contributed by atoms with Crippen LogP contribution in [0.1, 0.15) is 22.8 Å². The van der Waals surface area contributed by atoms with E-state index in [-0.39, 0.29) is 19.1 Å². The SMILES string of the molecule is Cc1ccc(OCC(=O)NCC(O)c2ccc3c(c2)CCN3C)cc1. The maximum Gasteiger partial charge on any atom is 0.258 e. The minimum absolute atomic E-state index is 0.0647. The molecule has 1 unspecified atom stereocenters. The van der Waals surface area contributed by atoms with Crippen molar-refractivity contribution >= 4 is 11.6 Å². The van der Waals surface area contributed by atoms with Gasteiger partial charge in [0.15, 0.2) is 6.61 Å². The van der Waals surface area contributed by atoms with Crippen LogP contribution in [0, 0.1) is 6.92 Å². The lowest BCUT2D eigenvalue weighted by atomic mass is 10.0. The van der Waals surface area contributed by atoms with E-state index < -0.39 is 6.10 Å². The summed E-state index contributed by atoms with van der Waals surface area (Å²) in [5, 5.41) is 13.0. The number of nitrogens with zero attached hydrogens (tertiary/aromatic N) is 1. The lowest BCUT2D eigenvalue weighted by Crippen LogP contribution is -2.32. The van der Waals surface area contributed by atoms with E-state index in [1.165, 1.54) is 11.3 Å². The zero-order chi connectivity index (χ0) is 17.8. The van der Waals surface area contributed by atoms with Crippen LogP contribution in [0.4, 0.5) is 5.69 Å². The summed E-state index contributed by atoms with van der Waals surface area (Å²) in [6.45, 7) is 3.10. The average Bonchev–Trinajstić information content (AvgIpc) is 2.99. The van der Waals surface area contributed by atoms with E-state index in [1.54, 1.807) is 0 Å². The fourth-order valence-electron chi connectivity index (χ4n) is 2.96. The largest absolute Gasteiger partial charge is 0.484 e. The highest BCUT2D eigenvalue weighted by atomic mass is 16.5. The van der Waals surface area contributed by atoms with E-state index in [0.717, 1.165) is 24.1 Å². The molecule has 0 aliphatic carbocycles. The van der Waals surface area contributed by atoms with Crippen molar-refractivity contribution in [3.05, 3.63) is 59.2 Å². The van der Waals surface area contributed by atoms with Crippen molar-refractivity contribution in [2.45, 2.75) is 19.4 Å². The Bertz CT molecular complexity index is 743. The highest BCUT2D eigenvalue weighted by molar-refractivity contribution is 5.77. The number of anilines is 1. The fraction of sp³-hybridized carbons (Fsp3) is 0.350. The summed E-state index contributed by atoms with van der Waals surface area (Å²) in [7, 11) is 2.07. The number of fused-ring (bicyclic) bond motifs is 1. The molecule has 25 heavy (non-hydrogen) atoms. The first-order valence-corrected chi connectivity index (χ1v) is 8.51. The lowest BCUT2D eigenvalue weighted by Gasteiger charge is -2.15. The topological polar surface area (TPSA) is 61.8 Å². The molecule has 0 spiro atoms. The molecule has 1 aliphatic rings. The molecule has 1 amide bonds. The van der Waals surface area contributed by atoms with Gasteiger partial charge in [-0.3, -0.25) is 4.79 Å². The number of carbonyl (C=O) groups excluding carboxylic acids is 1. The van der Waals surface area contributed by atoms with Crippen LogP contribution in [-0.4, -0.2) is 37.8 Å². The molecular formula is C20H24N2O3. The molecule has 0 saturated heterocycles. The summed E-state index contributed by atoms with van der Waals surface area (Å²) >= 11 is 0. The van der Waals surface area contributed by atoms with Crippen LogP contribution in [-0.2, 0) is 11.2 Å². The molecule has 0 fully saturated rings. The van der Waals surface area contributed by atoms with Crippen molar-refractivity contribution in [3.8, 4) is 5.75 Å². The van der Waals surface area contributed by atoms with Gasteiger partial charge in [-0.15, -0.1) is 0 Å². The molecule has 5 nitrogen and oxygen atoms in total. The van der Waals surface area contributed by atoms with Crippen molar-refractivity contribution < 1.29 is 14.6 Å². The predicted octanol–water partition coefficient (Wildman–Crippen LogP) is 2.22. The van der Waals surface area contributed by atoms with E-state index in [4.69, 9.17) is 4.74 Å². The smallest absolute Gasteiger partial charge is 0.258 e. The van der Waals surface area contributed by atoms with Crippen LogP contribution in [0.5, 0.6) is 5.75 Å². The molecular weight excluding hydrogens is 316 g/mol. The number of rotatable bonds is 6. The van der Waals surface area contributed by atoms with Gasteiger partial charge in [0.05, 0.1) is 6.10 Å². The summed E-state index contributed by atoms with van der Waals surface area (Å²) in [6.07, 6.45) is 0.267.